The average Bonchev–Trinajstić information content (AvgIpc) is 2.37. The van der Waals surface area contributed by atoms with E-state index in [4.69, 9.17) is 0 Å². The molecule has 1 fully saturated rings. The number of hydrogen-bond acceptors (Lipinski definition) is 3. The highest BCUT2D eigenvalue weighted by atomic mass is 16.2. The molecule has 1 saturated heterocycles. The molecule has 4 nitrogen and oxygen atoms in total. The number of piperazine rings is 1. The van der Waals surface area contributed by atoms with Gasteiger partial charge in [-0.2, -0.15) is 0 Å². The van der Waals surface area contributed by atoms with Gasteiger partial charge in [-0.05, 0) is 25.7 Å². The maximum Gasteiger partial charge on any atom is 0.239 e. The molecule has 1 aliphatic rings. The summed E-state index contributed by atoms with van der Waals surface area (Å²) in [7, 11) is 0. The van der Waals surface area contributed by atoms with E-state index in [0.717, 1.165) is 45.6 Å². The zero-order chi connectivity index (χ0) is 14.5. The number of rotatable bonds is 6. The third-order valence-electron chi connectivity index (χ3n) is 4.12. The van der Waals surface area contributed by atoms with Crippen molar-refractivity contribution in [3.05, 3.63) is 0 Å². The Balaban J connectivity index is 2.51. The van der Waals surface area contributed by atoms with Gasteiger partial charge in [0.1, 0.15) is 0 Å². The Bertz CT molecular complexity index is 294. The van der Waals surface area contributed by atoms with Crippen LogP contribution in [0.3, 0.4) is 0 Å². The molecular formula is C15H31N3O. The van der Waals surface area contributed by atoms with Crippen LogP contribution in [0.2, 0.25) is 0 Å². The van der Waals surface area contributed by atoms with Gasteiger partial charge in [-0.1, -0.05) is 27.2 Å². The zero-order valence-corrected chi connectivity index (χ0v) is 13.3. The number of hydrogen-bond donors (Lipinski definition) is 2. The van der Waals surface area contributed by atoms with E-state index in [1.165, 1.54) is 0 Å². The first-order chi connectivity index (χ1) is 8.79. The van der Waals surface area contributed by atoms with Crippen molar-refractivity contribution in [2.24, 2.45) is 5.41 Å². The van der Waals surface area contributed by atoms with E-state index in [2.05, 4.69) is 36.3 Å². The monoisotopic (exact) mass is 269 g/mol. The normalized spacial score (nSPS) is 18.4. The lowest BCUT2D eigenvalue weighted by Crippen LogP contribution is -2.60. The molecule has 0 aromatic carbocycles. The fourth-order valence-corrected chi connectivity index (χ4v) is 2.67. The molecule has 19 heavy (non-hydrogen) atoms. The molecule has 0 unspecified atom stereocenters. The molecule has 1 rings (SSSR count). The zero-order valence-electron chi connectivity index (χ0n) is 13.3. The molecule has 0 saturated carbocycles. The summed E-state index contributed by atoms with van der Waals surface area (Å²) < 4.78 is 0. The van der Waals surface area contributed by atoms with Crippen LogP contribution in [0, 0.1) is 5.41 Å². The molecule has 2 N–H and O–H groups in total. The SMILES string of the molecule is CCCC(C)(C)CNC(=O)C(C)(C)N1CCNCC1. The van der Waals surface area contributed by atoms with Crippen LogP contribution in [0.4, 0.5) is 0 Å². The second-order valence-electron chi connectivity index (χ2n) is 6.89. The van der Waals surface area contributed by atoms with Crippen LogP contribution in [0.15, 0.2) is 0 Å². The molecule has 0 bridgehead atoms. The smallest absolute Gasteiger partial charge is 0.239 e. The van der Waals surface area contributed by atoms with Gasteiger partial charge in [0.15, 0.2) is 0 Å². The van der Waals surface area contributed by atoms with Gasteiger partial charge in [-0.15, -0.1) is 0 Å². The molecule has 0 aromatic heterocycles. The van der Waals surface area contributed by atoms with E-state index in [0.29, 0.717) is 0 Å². The Kier molecular flexibility index (Phi) is 5.81. The van der Waals surface area contributed by atoms with Crippen LogP contribution in [0.1, 0.15) is 47.5 Å². The molecule has 1 amide bonds. The molecule has 1 aliphatic heterocycles. The number of carbonyl (C=O) groups is 1. The first kappa shape index (κ1) is 16.4. The lowest BCUT2D eigenvalue weighted by Gasteiger charge is -2.40. The van der Waals surface area contributed by atoms with Gasteiger partial charge in [-0.3, -0.25) is 9.69 Å². The van der Waals surface area contributed by atoms with E-state index < -0.39 is 5.54 Å². The molecule has 0 aromatic rings. The highest BCUT2D eigenvalue weighted by Crippen LogP contribution is 2.22. The standard InChI is InChI=1S/C15H31N3O/c1-6-7-14(2,3)12-17-13(19)15(4,5)18-10-8-16-9-11-18/h16H,6-12H2,1-5H3,(H,17,19). The minimum Gasteiger partial charge on any atom is -0.354 e. The first-order valence-corrected chi connectivity index (χ1v) is 7.54. The van der Waals surface area contributed by atoms with Crippen molar-refractivity contribution >= 4 is 5.91 Å². The van der Waals surface area contributed by atoms with Crippen molar-refractivity contribution in [3.63, 3.8) is 0 Å². The summed E-state index contributed by atoms with van der Waals surface area (Å²) >= 11 is 0. The quantitative estimate of drug-likeness (QED) is 0.770. The van der Waals surface area contributed by atoms with Gasteiger partial charge >= 0.3 is 0 Å². The van der Waals surface area contributed by atoms with Gasteiger partial charge in [0, 0.05) is 32.7 Å². The second kappa shape index (κ2) is 6.71. The minimum absolute atomic E-state index is 0.151. The summed E-state index contributed by atoms with van der Waals surface area (Å²) in [5.74, 6) is 0.151. The summed E-state index contributed by atoms with van der Waals surface area (Å²) in [6.07, 6.45) is 2.30. The summed E-state index contributed by atoms with van der Waals surface area (Å²) in [6.45, 7) is 15.3. The van der Waals surface area contributed by atoms with Crippen LogP contribution in [-0.2, 0) is 4.79 Å². The largest absolute Gasteiger partial charge is 0.354 e. The fourth-order valence-electron chi connectivity index (χ4n) is 2.67. The van der Waals surface area contributed by atoms with Crippen molar-refractivity contribution in [3.8, 4) is 0 Å². The lowest BCUT2D eigenvalue weighted by atomic mass is 9.87. The highest BCUT2D eigenvalue weighted by molar-refractivity contribution is 5.85. The van der Waals surface area contributed by atoms with Crippen molar-refractivity contribution in [2.75, 3.05) is 32.7 Å². The topological polar surface area (TPSA) is 44.4 Å². The van der Waals surface area contributed by atoms with E-state index in [9.17, 15) is 4.79 Å². The predicted molar refractivity (Wildman–Crippen MR) is 80.2 cm³/mol. The Morgan fingerprint density at radius 3 is 2.32 bits per heavy atom. The maximum absolute atomic E-state index is 12.4. The maximum atomic E-state index is 12.4. The van der Waals surface area contributed by atoms with Gasteiger partial charge in [0.05, 0.1) is 5.54 Å². The lowest BCUT2D eigenvalue weighted by molar-refractivity contribution is -0.132. The third kappa shape index (κ3) is 4.77. The van der Waals surface area contributed by atoms with Crippen LogP contribution >= 0.6 is 0 Å². The minimum atomic E-state index is -0.412. The average molecular weight is 269 g/mol. The third-order valence-corrected chi connectivity index (χ3v) is 4.12. The van der Waals surface area contributed by atoms with E-state index in [1.54, 1.807) is 0 Å². The predicted octanol–water partition coefficient (Wildman–Crippen LogP) is 1.61. The number of amides is 1. The number of carbonyl (C=O) groups excluding carboxylic acids is 1. The van der Waals surface area contributed by atoms with Gasteiger partial charge in [0.25, 0.3) is 0 Å². The summed E-state index contributed by atoms with van der Waals surface area (Å²) in [4.78, 5) is 14.7. The number of nitrogens with zero attached hydrogens (tertiary/aromatic N) is 1. The summed E-state index contributed by atoms with van der Waals surface area (Å²) in [5, 5.41) is 6.47. The molecule has 4 heteroatoms. The van der Waals surface area contributed by atoms with Gasteiger partial charge < -0.3 is 10.6 Å². The highest BCUT2D eigenvalue weighted by Gasteiger charge is 2.35. The molecule has 0 radical (unpaired) electrons. The Labute approximate surface area is 118 Å². The molecule has 0 spiro atoms. The van der Waals surface area contributed by atoms with Gasteiger partial charge in [-0.25, -0.2) is 0 Å². The number of nitrogens with one attached hydrogen (secondary N) is 2. The van der Waals surface area contributed by atoms with E-state index in [-0.39, 0.29) is 11.3 Å². The van der Waals surface area contributed by atoms with Crippen molar-refractivity contribution < 1.29 is 4.79 Å². The Morgan fingerprint density at radius 1 is 1.21 bits per heavy atom. The van der Waals surface area contributed by atoms with Crippen LogP contribution in [0.5, 0.6) is 0 Å². The molecule has 1 heterocycles. The van der Waals surface area contributed by atoms with Crippen LogP contribution in [0.25, 0.3) is 0 Å². The molecule has 112 valence electrons. The van der Waals surface area contributed by atoms with Crippen molar-refractivity contribution in [2.45, 2.75) is 53.0 Å². The second-order valence-corrected chi connectivity index (χ2v) is 6.89. The fraction of sp³-hybridized carbons (Fsp3) is 0.933. The summed E-state index contributed by atoms with van der Waals surface area (Å²) in [6, 6.07) is 0. The molecule has 0 aliphatic carbocycles. The Morgan fingerprint density at radius 2 is 1.79 bits per heavy atom. The van der Waals surface area contributed by atoms with Gasteiger partial charge in [0.2, 0.25) is 5.91 Å². The molecular weight excluding hydrogens is 238 g/mol. The van der Waals surface area contributed by atoms with Crippen LogP contribution < -0.4 is 10.6 Å². The van der Waals surface area contributed by atoms with Crippen molar-refractivity contribution in [1.82, 2.24) is 15.5 Å². The van der Waals surface area contributed by atoms with Crippen molar-refractivity contribution in [1.29, 1.82) is 0 Å². The molecule has 0 atom stereocenters. The van der Waals surface area contributed by atoms with E-state index >= 15 is 0 Å². The Hall–Kier alpha value is -0.610. The first-order valence-electron chi connectivity index (χ1n) is 7.54. The van der Waals surface area contributed by atoms with Crippen LogP contribution in [-0.4, -0.2) is 49.1 Å². The van der Waals surface area contributed by atoms with E-state index in [1.807, 2.05) is 13.8 Å². The summed E-state index contributed by atoms with van der Waals surface area (Å²) in [5.41, 5.74) is -0.228.